The van der Waals surface area contributed by atoms with Crippen LogP contribution in [0.5, 0.6) is 11.6 Å². The highest BCUT2D eigenvalue weighted by molar-refractivity contribution is 5.94. The lowest BCUT2D eigenvalue weighted by molar-refractivity contribution is 0.0954. The number of nitrogens with one attached hydrogen (secondary N) is 1. The maximum atomic E-state index is 12.4. The molecule has 3 aromatic carbocycles. The van der Waals surface area contributed by atoms with Gasteiger partial charge in [-0.25, -0.2) is 0 Å². The Morgan fingerprint density at radius 2 is 1.62 bits per heavy atom. The van der Waals surface area contributed by atoms with E-state index in [9.17, 15) is 9.59 Å². The first kappa shape index (κ1) is 22.8. The van der Waals surface area contributed by atoms with Gasteiger partial charge in [0.05, 0.1) is 12.8 Å². The third-order valence-electron chi connectivity index (χ3n) is 5.24. The van der Waals surface area contributed by atoms with Gasteiger partial charge in [-0.1, -0.05) is 42.5 Å². The Morgan fingerprint density at radius 3 is 2.32 bits per heavy atom. The Kier molecular flexibility index (Phi) is 7.35. The van der Waals surface area contributed by atoms with Crippen molar-refractivity contribution in [3.63, 3.8) is 0 Å². The van der Waals surface area contributed by atoms with Crippen LogP contribution in [-0.2, 0) is 13.0 Å². The predicted octanol–water partition coefficient (Wildman–Crippen LogP) is 3.79. The van der Waals surface area contributed by atoms with E-state index in [1.807, 2.05) is 54.6 Å². The number of methoxy groups -OCH3 is 1. The van der Waals surface area contributed by atoms with Gasteiger partial charge in [0.1, 0.15) is 12.4 Å². The molecule has 0 atom stereocenters. The highest BCUT2D eigenvalue weighted by Crippen LogP contribution is 2.14. The molecule has 0 saturated carbocycles. The highest BCUT2D eigenvalue weighted by atomic mass is 16.5. The molecule has 0 radical (unpaired) electrons. The summed E-state index contributed by atoms with van der Waals surface area (Å²) < 4.78 is 12.2. The number of hydrogen-bond acceptors (Lipinski definition) is 5. The van der Waals surface area contributed by atoms with Gasteiger partial charge in [-0.15, -0.1) is 5.10 Å². The van der Waals surface area contributed by atoms with Crippen molar-refractivity contribution < 1.29 is 14.3 Å². The summed E-state index contributed by atoms with van der Waals surface area (Å²) in [4.78, 5) is 24.8. The number of amides is 1. The molecule has 34 heavy (non-hydrogen) atoms. The second-order valence-electron chi connectivity index (χ2n) is 7.60. The molecule has 7 heteroatoms. The van der Waals surface area contributed by atoms with E-state index in [1.54, 1.807) is 31.4 Å². The number of nitrogens with zero attached hydrogens (tertiary/aromatic N) is 2. The van der Waals surface area contributed by atoms with Crippen LogP contribution in [-0.4, -0.2) is 29.3 Å². The van der Waals surface area contributed by atoms with Crippen LogP contribution >= 0.6 is 0 Å². The predicted molar refractivity (Wildman–Crippen MR) is 130 cm³/mol. The van der Waals surface area contributed by atoms with Gasteiger partial charge in [0.2, 0.25) is 5.88 Å². The lowest BCUT2D eigenvalue weighted by atomic mass is 10.1. The molecule has 7 nitrogen and oxygen atoms in total. The molecular formula is C27H25N3O4. The minimum absolute atomic E-state index is 0.167. The number of carbonyl (C=O) groups excluding carboxylic acids is 1. The molecule has 0 aliphatic rings. The molecule has 4 aromatic rings. The van der Waals surface area contributed by atoms with Crippen LogP contribution in [0.3, 0.4) is 0 Å². The number of aromatic nitrogens is 2. The molecule has 172 valence electrons. The quantitative estimate of drug-likeness (QED) is 0.415. The van der Waals surface area contributed by atoms with Crippen molar-refractivity contribution in [3.05, 3.63) is 118 Å². The van der Waals surface area contributed by atoms with E-state index in [0.29, 0.717) is 30.3 Å². The third kappa shape index (κ3) is 5.89. The van der Waals surface area contributed by atoms with Crippen LogP contribution in [0.4, 0.5) is 0 Å². The largest absolute Gasteiger partial charge is 0.497 e. The van der Waals surface area contributed by atoms with Gasteiger partial charge in [0.25, 0.3) is 11.5 Å². The summed E-state index contributed by atoms with van der Waals surface area (Å²) in [7, 11) is 1.61. The number of benzene rings is 3. The first-order valence-electron chi connectivity index (χ1n) is 10.9. The van der Waals surface area contributed by atoms with Gasteiger partial charge in [0, 0.05) is 24.2 Å². The van der Waals surface area contributed by atoms with Crippen molar-refractivity contribution in [2.75, 3.05) is 13.7 Å². The molecule has 0 bridgehead atoms. The first-order valence-corrected chi connectivity index (χ1v) is 10.9. The van der Waals surface area contributed by atoms with E-state index in [-0.39, 0.29) is 11.5 Å². The van der Waals surface area contributed by atoms with E-state index in [2.05, 4.69) is 10.4 Å². The fraction of sp³-hybridized carbons (Fsp3) is 0.148. The van der Waals surface area contributed by atoms with Crippen LogP contribution in [0.1, 0.15) is 21.5 Å². The second kappa shape index (κ2) is 11.0. The zero-order chi connectivity index (χ0) is 23.8. The summed E-state index contributed by atoms with van der Waals surface area (Å²) in [6, 6.07) is 27.1. The van der Waals surface area contributed by atoms with Crippen LogP contribution < -0.4 is 20.3 Å². The van der Waals surface area contributed by atoms with Crippen molar-refractivity contribution in [2.45, 2.75) is 13.0 Å². The fourth-order valence-electron chi connectivity index (χ4n) is 3.36. The van der Waals surface area contributed by atoms with E-state index in [0.717, 1.165) is 23.3 Å². The van der Waals surface area contributed by atoms with Crippen LogP contribution in [0.2, 0.25) is 0 Å². The molecule has 0 aliphatic heterocycles. The van der Waals surface area contributed by atoms with Gasteiger partial charge in [-0.2, -0.15) is 4.68 Å². The zero-order valence-electron chi connectivity index (χ0n) is 18.8. The van der Waals surface area contributed by atoms with Crippen LogP contribution in [0, 0.1) is 0 Å². The van der Waals surface area contributed by atoms with Crippen molar-refractivity contribution >= 4 is 5.91 Å². The van der Waals surface area contributed by atoms with Gasteiger partial charge in [0.15, 0.2) is 0 Å². The number of carbonyl (C=O) groups is 1. The zero-order valence-corrected chi connectivity index (χ0v) is 18.8. The molecule has 1 heterocycles. The van der Waals surface area contributed by atoms with E-state index >= 15 is 0 Å². The van der Waals surface area contributed by atoms with E-state index < -0.39 is 0 Å². The average molecular weight is 456 g/mol. The summed E-state index contributed by atoms with van der Waals surface area (Å²) in [6.07, 6.45) is 0.757. The molecule has 1 aromatic heterocycles. The Bertz CT molecular complexity index is 1280. The summed E-state index contributed by atoms with van der Waals surface area (Å²) in [5, 5.41) is 7.22. The summed E-state index contributed by atoms with van der Waals surface area (Å²) in [5.74, 6) is 0.918. The molecule has 0 saturated heterocycles. The summed E-state index contributed by atoms with van der Waals surface area (Å²) in [6.45, 7) is 0.844. The minimum Gasteiger partial charge on any atom is -0.497 e. The fourth-order valence-corrected chi connectivity index (χ4v) is 3.36. The molecule has 1 N–H and O–H groups in total. The monoisotopic (exact) mass is 455 g/mol. The average Bonchev–Trinajstić information content (AvgIpc) is 2.89. The normalized spacial score (nSPS) is 10.5. The molecule has 0 unspecified atom stereocenters. The SMILES string of the molecule is COc1ccc(COc2ccc(=O)n(-c3ccc(C(=O)NCCc4ccccc4)cc3)n2)cc1. The third-order valence-corrected chi connectivity index (χ3v) is 5.24. The maximum absolute atomic E-state index is 12.4. The van der Waals surface area contributed by atoms with Gasteiger partial charge in [-0.05, 0) is 53.9 Å². The Balaban J connectivity index is 1.38. The Hall–Kier alpha value is -4.39. The molecule has 0 spiro atoms. The summed E-state index contributed by atoms with van der Waals surface area (Å²) >= 11 is 0. The van der Waals surface area contributed by atoms with Crippen LogP contribution in [0.25, 0.3) is 5.69 Å². The van der Waals surface area contributed by atoms with Gasteiger partial charge >= 0.3 is 0 Å². The van der Waals surface area contributed by atoms with E-state index in [1.165, 1.54) is 16.8 Å². The highest BCUT2D eigenvalue weighted by Gasteiger charge is 2.08. The lowest BCUT2D eigenvalue weighted by Gasteiger charge is -2.10. The molecule has 1 amide bonds. The van der Waals surface area contributed by atoms with Crippen LogP contribution in [0.15, 0.2) is 95.8 Å². The molecule has 0 fully saturated rings. The topological polar surface area (TPSA) is 82.5 Å². The minimum atomic E-state index is -0.295. The molecular weight excluding hydrogens is 430 g/mol. The number of rotatable bonds is 9. The second-order valence-corrected chi connectivity index (χ2v) is 7.60. The van der Waals surface area contributed by atoms with Crippen molar-refractivity contribution in [2.24, 2.45) is 0 Å². The standard InChI is InChI=1S/C27H25N3O4/c1-33-24-13-7-21(8-14-24)19-34-25-15-16-26(31)30(29-25)23-11-9-22(10-12-23)27(32)28-18-17-20-5-3-2-4-6-20/h2-16H,17-19H2,1H3,(H,28,32). The Labute approximate surface area is 197 Å². The first-order chi connectivity index (χ1) is 16.6. The van der Waals surface area contributed by atoms with Gasteiger partial charge in [-0.3, -0.25) is 9.59 Å². The van der Waals surface area contributed by atoms with E-state index in [4.69, 9.17) is 9.47 Å². The smallest absolute Gasteiger partial charge is 0.271 e. The lowest BCUT2D eigenvalue weighted by Crippen LogP contribution is -2.26. The number of ether oxygens (including phenoxy) is 2. The molecule has 0 aliphatic carbocycles. The van der Waals surface area contributed by atoms with Crippen molar-refractivity contribution in [1.82, 2.24) is 15.1 Å². The molecule has 4 rings (SSSR count). The van der Waals surface area contributed by atoms with Gasteiger partial charge < -0.3 is 14.8 Å². The maximum Gasteiger partial charge on any atom is 0.271 e. The Morgan fingerprint density at radius 1 is 0.882 bits per heavy atom. The summed E-state index contributed by atoms with van der Waals surface area (Å²) in [5.41, 5.74) is 2.87. The van der Waals surface area contributed by atoms with Crippen molar-refractivity contribution in [3.8, 4) is 17.3 Å². The number of hydrogen-bond donors (Lipinski definition) is 1. The van der Waals surface area contributed by atoms with Crippen molar-refractivity contribution in [1.29, 1.82) is 0 Å².